The minimum atomic E-state index is 0.0480. The number of rotatable bonds is 3. The van der Waals surface area contributed by atoms with Gasteiger partial charge in [-0.05, 0) is 6.42 Å². The van der Waals surface area contributed by atoms with Gasteiger partial charge in [0.1, 0.15) is 6.61 Å². The van der Waals surface area contributed by atoms with E-state index in [1.807, 2.05) is 4.90 Å². The quantitative estimate of drug-likeness (QED) is 0.668. The van der Waals surface area contributed by atoms with Crippen molar-refractivity contribution in [1.82, 2.24) is 4.90 Å². The van der Waals surface area contributed by atoms with Crippen LogP contribution in [0, 0.1) is 5.92 Å². The standard InChI is InChI=1S/C10H18N2O3/c11-3-9-6-15-7-10(13)12(9)4-8-1-2-14-5-8/h8-9H,1-7,11H2. The summed E-state index contributed by atoms with van der Waals surface area (Å²) in [5.41, 5.74) is 5.62. The van der Waals surface area contributed by atoms with Crippen molar-refractivity contribution in [2.45, 2.75) is 12.5 Å². The van der Waals surface area contributed by atoms with Gasteiger partial charge >= 0.3 is 0 Å². The molecule has 2 rings (SSSR count). The zero-order valence-electron chi connectivity index (χ0n) is 8.85. The van der Waals surface area contributed by atoms with Crippen LogP contribution in [0.25, 0.3) is 0 Å². The van der Waals surface area contributed by atoms with Crippen molar-refractivity contribution in [1.29, 1.82) is 0 Å². The van der Waals surface area contributed by atoms with Crippen LogP contribution in [0.5, 0.6) is 0 Å². The maximum atomic E-state index is 11.7. The number of hydrogen-bond acceptors (Lipinski definition) is 4. The van der Waals surface area contributed by atoms with Crippen LogP contribution in [0.1, 0.15) is 6.42 Å². The molecule has 2 aliphatic rings. The third kappa shape index (κ3) is 2.48. The number of carbonyl (C=O) groups is 1. The third-order valence-corrected chi connectivity index (χ3v) is 3.05. The highest BCUT2D eigenvalue weighted by Crippen LogP contribution is 2.17. The summed E-state index contributed by atoms with van der Waals surface area (Å²) in [6.45, 7) is 3.59. The van der Waals surface area contributed by atoms with E-state index in [4.69, 9.17) is 15.2 Å². The molecule has 2 saturated heterocycles. The summed E-state index contributed by atoms with van der Waals surface area (Å²) in [5, 5.41) is 0. The highest BCUT2D eigenvalue weighted by Gasteiger charge is 2.30. The number of morpholine rings is 1. The minimum absolute atomic E-state index is 0.0480. The molecular weight excluding hydrogens is 196 g/mol. The van der Waals surface area contributed by atoms with Crippen LogP contribution in [0.15, 0.2) is 0 Å². The van der Waals surface area contributed by atoms with E-state index >= 15 is 0 Å². The fourth-order valence-corrected chi connectivity index (χ4v) is 2.11. The van der Waals surface area contributed by atoms with E-state index < -0.39 is 0 Å². The molecule has 5 nitrogen and oxygen atoms in total. The minimum Gasteiger partial charge on any atom is -0.381 e. The van der Waals surface area contributed by atoms with E-state index in [-0.39, 0.29) is 18.6 Å². The first-order valence-electron chi connectivity index (χ1n) is 5.46. The molecular formula is C10H18N2O3. The summed E-state index contributed by atoms with van der Waals surface area (Å²) < 4.78 is 10.5. The number of nitrogens with zero attached hydrogens (tertiary/aromatic N) is 1. The summed E-state index contributed by atoms with van der Waals surface area (Å²) in [4.78, 5) is 13.5. The Morgan fingerprint density at radius 3 is 2.93 bits per heavy atom. The van der Waals surface area contributed by atoms with Crippen molar-refractivity contribution in [3.05, 3.63) is 0 Å². The Hall–Kier alpha value is -0.650. The van der Waals surface area contributed by atoms with Gasteiger partial charge in [-0.1, -0.05) is 0 Å². The molecule has 0 aromatic carbocycles. The van der Waals surface area contributed by atoms with Gasteiger partial charge < -0.3 is 20.1 Å². The second kappa shape index (κ2) is 4.92. The number of hydrogen-bond donors (Lipinski definition) is 1. The predicted octanol–water partition coefficient (Wildman–Crippen LogP) is -0.791. The van der Waals surface area contributed by atoms with Gasteiger partial charge in [0.25, 0.3) is 0 Å². The van der Waals surface area contributed by atoms with Crippen molar-refractivity contribution in [3.63, 3.8) is 0 Å². The van der Waals surface area contributed by atoms with Gasteiger partial charge in [-0.25, -0.2) is 0 Å². The Labute approximate surface area is 89.5 Å². The summed E-state index contributed by atoms with van der Waals surface area (Å²) in [6, 6.07) is 0.0480. The number of nitrogens with two attached hydrogens (primary N) is 1. The first-order valence-corrected chi connectivity index (χ1v) is 5.46. The summed E-state index contributed by atoms with van der Waals surface area (Å²) >= 11 is 0. The molecule has 2 atom stereocenters. The van der Waals surface area contributed by atoms with E-state index in [9.17, 15) is 4.79 Å². The van der Waals surface area contributed by atoms with Gasteiger partial charge in [-0.2, -0.15) is 0 Å². The number of ether oxygens (including phenoxy) is 2. The first kappa shape index (κ1) is 10.9. The van der Waals surface area contributed by atoms with Crippen molar-refractivity contribution in [2.75, 3.05) is 39.5 Å². The largest absolute Gasteiger partial charge is 0.381 e. The Morgan fingerprint density at radius 2 is 2.27 bits per heavy atom. The van der Waals surface area contributed by atoms with Crippen LogP contribution in [-0.2, 0) is 14.3 Å². The van der Waals surface area contributed by atoms with Crippen LogP contribution in [0.4, 0.5) is 0 Å². The molecule has 2 aliphatic heterocycles. The average Bonchev–Trinajstić information content (AvgIpc) is 2.74. The van der Waals surface area contributed by atoms with Gasteiger partial charge in [-0.15, -0.1) is 0 Å². The van der Waals surface area contributed by atoms with Crippen LogP contribution in [0.3, 0.4) is 0 Å². The van der Waals surface area contributed by atoms with E-state index in [0.717, 1.165) is 26.2 Å². The van der Waals surface area contributed by atoms with Gasteiger partial charge in [0.2, 0.25) is 5.91 Å². The summed E-state index contributed by atoms with van der Waals surface area (Å²) in [5.74, 6) is 0.532. The molecule has 2 N–H and O–H groups in total. The Morgan fingerprint density at radius 1 is 1.40 bits per heavy atom. The lowest BCUT2D eigenvalue weighted by Gasteiger charge is -2.36. The van der Waals surface area contributed by atoms with Crippen LogP contribution < -0.4 is 5.73 Å². The Bertz CT molecular complexity index is 229. The average molecular weight is 214 g/mol. The van der Waals surface area contributed by atoms with E-state index in [2.05, 4.69) is 0 Å². The van der Waals surface area contributed by atoms with Crippen molar-refractivity contribution in [2.24, 2.45) is 11.7 Å². The van der Waals surface area contributed by atoms with Crippen molar-refractivity contribution < 1.29 is 14.3 Å². The maximum Gasteiger partial charge on any atom is 0.248 e. The topological polar surface area (TPSA) is 64.8 Å². The first-order chi connectivity index (χ1) is 7.31. The second-order valence-corrected chi connectivity index (χ2v) is 4.18. The zero-order valence-corrected chi connectivity index (χ0v) is 8.85. The van der Waals surface area contributed by atoms with Gasteiger partial charge in [-0.3, -0.25) is 4.79 Å². The van der Waals surface area contributed by atoms with Gasteiger partial charge in [0, 0.05) is 25.6 Å². The van der Waals surface area contributed by atoms with Gasteiger partial charge in [0.15, 0.2) is 0 Å². The molecule has 1 amide bonds. The van der Waals surface area contributed by atoms with Crippen LogP contribution in [0.2, 0.25) is 0 Å². The lowest BCUT2D eigenvalue weighted by molar-refractivity contribution is -0.148. The third-order valence-electron chi connectivity index (χ3n) is 3.05. The molecule has 86 valence electrons. The second-order valence-electron chi connectivity index (χ2n) is 4.18. The molecule has 15 heavy (non-hydrogen) atoms. The smallest absolute Gasteiger partial charge is 0.248 e. The van der Waals surface area contributed by atoms with Crippen molar-refractivity contribution in [3.8, 4) is 0 Å². The normalized spacial score (nSPS) is 32.3. The lowest BCUT2D eigenvalue weighted by atomic mass is 10.1. The fraction of sp³-hybridized carbons (Fsp3) is 0.900. The molecule has 0 aliphatic carbocycles. The van der Waals surface area contributed by atoms with Gasteiger partial charge in [0.05, 0.1) is 19.3 Å². The zero-order chi connectivity index (χ0) is 10.7. The SMILES string of the molecule is NCC1COCC(=O)N1CC1CCOC1. The summed E-state index contributed by atoms with van der Waals surface area (Å²) in [7, 11) is 0. The Kier molecular flexibility index (Phi) is 3.56. The highest BCUT2D eigenvalue weighted by atomic mass is 16.5. The monoisotopic (exact) mass is 214 g/mol. The molecule has 0 aromatic heterocycles. The molecule has 2 fully saturated rings. The van der Waals surface area contributed by atoms with Crippen LogP contribution >= 0.6 is 0 Å². The molecule has 5 heteroatoms. The predicted molar refractivity (Wildman–Crippen MR) is 54.3 cm³/mol. The maximum absolute atomic E-state index is 11.7. The molecule has 0 radical (unpaired) electrons. The molecule has 0 saturated carbocycles. The van der Waals surface area contributed by atoms with Crippen LogP contribution in [-0.4, -0.2) is 56.4 Å². The van der Waals surface area contributed by atoms with E-state index in [1.54, 1.807) is 0 Å². The molecule has 0 aromatic rings. The summed E-state index contributed by atoms with van der Waals surface area (Å²) in [6.07, 6.45) is 1.04. The van der Waals surface area contributed by atoms with E-state index in [0.29, 0.717) is 19.1 Å². The number of amides is 1. The van der Waals surface area contributed by atoms with Crippen molar-refractivity contribution >= 4 is 5.91 Å². The molecule has 0 spiro atoms. The number of carbonyl (C=O) groups excluding carboxylic acids is 1. The molecule has 2 unspecified atom stereocenters. The molecule has 0 bridgehead atoms. The lowest BCUT2D eigenvalue weighted by Crippen LogP contribution is -2.54. The fourth-order valence-electron chi connectivity index (χ4n) is 2.11. The highest BCUT2D eigenvalue weighted by molar-refractivity contribution is 5.78. The Balaban J connectivity index is 1.93. The molecule has 2 heterocycles. The van der Waals surface area contributed by atoms with E-state index in [1.165, 1.54) is 0 Å².